The van der Waals surface area contributed by atoms with Crippen LogP contribution in [0.5, 0.6) is 0 Å². The minimum atomic E-state index is -0.156. The normalized spacial score (nSPS) is 10.7. The number of aromatic amines is 1. The fraction of sp³-hybridized carbons (Fsp3) is 0.136. The molecule has 140 valence electrons. The highest BCUT2D eigenvalue weighted by Gasteiger charge is 2.07. The third kappa shape index (κ3) is 4.17. The van der Waals surface area contributed by atoms with Gasteiger partial charge in [0, 0.05) is 55.0 Å². The molecule has 0 aliphatic carbocycles. The molecule has 0 radical (unpaired) electrons. The third-order valence-corrected chi connectivity index (χ3v) is 4.57. The van der Waals surface area contributed by atoms with Crippen molar-refractivity contribution in [2.45, 2.75) is 13.0 Å². The molecular weight excluding hydrogens is 350 g/mol. The summed E-state index contributed by atoms with van der Waals surface area (Å²) in [5.41, 5.74) is 4.72. The van der Waals surface area contributed by atoms with Crippen LogP contribution in [0.15, 0.2) is 73.4 Å². The van der Waals surface area contributed by atoms with Crippen molar-refractivity contribution in [2.24, 2.45) is 0 Å². The Bertz CT molecular complexity index is 1070. The number of aromatic nitrogens is 3. The molecule has 3 aromatic heterocycles. The molecule has 0 saturated heterocycles. The summed E-state index contributed by atoms with van der Waals surface area (Å²) in [4.78, 5) is 23.9. The first-order valence-corrected chi connectivity index (χ1v) is 9.20. The smallest absolute Gasteiger partial charge is 0.253 e. The van der Waals surface area contributed by atoms with Crippen LogP contribution < -0.4 is 10.6 Å². The van der Waals surface area contributed by atoms with Crippen LogP contribution in [0.3, 0.4) is 0 Å². The number of anilines is 1. The number of nitrogens with one attached hydrogen (secondary N) is 3. The molecule has 0 saturated carbocycles. The predicted octanol–water partition coefficient (Wildman–Crippen LogP) is 3.54. The van der Waals surface area contributed by atoms with Gasteiger partial charge in [0.25, 0.3) is 5.91 Å². The zero-order valence-corrected chi connectivity index (χ0v) is 15.4. The third-order valence-electron chi connectivity index (χ3n) is 4.57. The molecule has 0 aliphatic heterocycles. The number of fused-ring (bicyclic) bond motifs is 1. The summed E-state index contributed by atoms with van der Waals surface area (Å²) in [5.74, 6) is -0.156. The van der Waals surface area contributed by atoms with Crippen LogP contribution in [0, 0.1) is 0 Å². The van der Waals surface area contributed by atoms with Gasteiger partial charge in [-0.1, -0.05) is 24.3 Å². The Morgan fingerprint density at radius 2 is 1.96 bits per heavy atom. The number of pyridine rings is 2. The van der Waals surface area contributed by atoms with Gasteiger partial charge in [-0.2, -0.15) is 0 Å². The van der Waals surface area contributed by atoms with Crippen LogP contribution in [-0.2, 0) is 13.0 Å². The monoisotopic (exact) mass is 371 g/mol. The summed E-state index contributed by atoms with van der Waals surface area (Å²) in [6.07, 6.45) is 9.67. The van der Waals surface area contributed by atoms with E-state index >= 15 is 0 Å². The maximum absolute atomic E-state index is 12.4. The number of hydrogen-bond acceptors (Lipinski definition) is 4. The summed E-state index contributed by atoms with van der Waals surface area (Å²) < 4.78 is 0. The van der Waals surface area contributed by atoms with Crippen molar-refractivity contribution in [2.75, 3.05) is 11.9 Å². The first-order valence-electron chi connectivity index (χ1n) is 9.20. The lowest BCUT2D eigenvalue weighted by Crippen LogP contribution is -2.23. The molecule has 4 aromatic rings. The Morgan fingerprint density at radius 1 is 1.04 bits per heavy atom. The van der Waals surface area contributed by atoms with Gasteiger partial charge in [0.2, 0.25) is 0 Å². The van der Waals surface area contributed by atoms with Gasteiger partial charge in [-0.15, -0.1) is 0 Å². The van der Waals surface area contributed by atoms with E-state index in [1.165, 1.54) is 10.9 Å². The molecule has 4 rings (SSSR count). The first-order chi connectivity index (χ1) is 13.8. The van der Waals surface area contributed by atoms with E-state index in [0.717, 1.165) is 29.7 Å². The standard InChI is InChI=1S/C22H21N5O/c28-22(27-12-16-4-3-8-23-11-16)18-10-19(15-24-13-18)25-9-7-17-14-26-21-6-2-1-5-20(17)21/h1-6,8,10-11,13-15,25-26H,7,9,12H2,(H,27,28). The van der Waals surface area contributed by atoms with Crippen molar-refractivity contribution in [3.8, 4) is 0 Å². The molecule has 1 amide bonds. The molecular formula is C22H21N5O. The Morgan fingerprint density at radius 3 is 2.86 bits per heavy atom. The van der Waals surface area contributed by atoms with Crippen molar-refractivity contribution in [1.82, 2.24) is 20.3 Å². The van der Waals surface area contributed by atoms with Gasteiger partial charge < -0.3 is 15.6 Å². The van der Waals surface area contributed by atoms with Gasteiger partial charge in [-0.25, -0.2) is 0 Å². The number of benzene rings is 1. The van der Waals surface area contributed by atoms with Crippen molar-refractivity contribution >= 4 is 22.5 Å². The van der Waals surface area contributed by atoms with E-state index in [2.05, 4.69) is 37.7 Å². The van der Waals surface area contributed by atoms with Crippen molar-refractivity contribution in [3.05, 3.63) is 90.1 Å². The lowest BCUT2D eigenvalue weighted by Gasteiger charge is -2.08. The number of nitrogens with zero attached hydrogens (tertiary/aromatic N) is 2. The Labute approximate surface area is 163 Å². The average molecular weight is 371 g/mol. The zero-order chi connectivity index (χ0) is 19.2. The van der Waals surface area contributed by atoms with Crippen LogP contribution in [-0.4, -0.2) is 27.4 Å². The number of hydrogen-bond donors (Lipinski definition) is 3. The minimum Gasteiger partial charge on any atom is -0.383 e. The second-order valence-electron chi connectivity index (χ2n) is 6.54. The molecule has 0 bridgehead atoms. The summed E-state index contributed by atoms with van der Waals surface area (Å²) in [5, 5.41) is 7.48. The molecule has 1 aromatic carbocycles. The number of amides is 1. The van der Waals surface area contributed by atoms with E-state index in [9.17, 15) is 4.79 Å². The molecule has 0 atom stereocenters. The van der Waals surface area contributed by atoms with E-state index in [4.69, 9.17) is 0 Å². The minimum absolute atomic E-state index is 0.156. The Hall–Kier alpha value is -3.67. The fourth-order valence-corrected chi connectivity index (χ4v) is 3.13. The summed E-state index contributed by atoms with van der Waals surface area (Å²) in [6.45, 7) is 1.19. The number of H-pyrrole nitrogens is 1. The van der Waals surface area contributed by atoms with E-state index in [0.29, 0.717) is 12.1 Å². The maximum Gasteiger partial charge on any atom is 0.253 e. The highest BCUT2D eigenvalue weighted by molar-refractivity contribution is 5.94. The lowest BCUT2D eigenvalue weighted by molar-refractivity contribution is 0.0950. The zero-order valence-electron chi connectivity index (χ0n) is 15.4. The van der Waals surface area contributed by atoms with Crippen LogP contribution in [0.25, 0.3) is 10.9 Å². The summed E-state index contributed by atoms with van der Waals surface area (Å²) in [6, 6.07) is 13.9. The molecule has 3 N–H and O–H groups in total. The molecule has 6 heteroatoms. The van der Waals surface area contributed by atoms with Crippen molar-refractivity contribution in [3.63, 3.8) is 0 Å². The van der Waals surface area contributed by atoms with Crippen LogP contribution in [0.4, 0.5) is 5.69 Å². The highest BCUT2D eigenvalue weighted by Crippen LogP contribution is 2.18. The Kier molecular flexibility index (Phi) is 5.29. The maximum atomic E-state index is 12.4. The van der Waals surface area contributed by atoms with Gasteiger partial charge in [-0.3, -0.25) is 14.8 Å². The van der Waals surface area contributed by atoms with Crippen LogP contribution >= 0.6 is 0 Å². The van der Waals surface area contributed by atoms with Gasteiger partial charge in [0.05, 0.1) is 11.3 Å². The van der Waals surface area contributed by atoms with Gasteiger partial charge in [0.15, 0.2) is 0 Å². The highest BCUT2D eigenvalue weighted by atomic mass is 16.1. The first kappa shape index (κ1) is 17.7. The summed E-state index contributed by atoms with van der Waals surface area (Å²) >= 11 is 0. The molecule has 28 heavy (non-hydrogen) atoms. The SMILES string of the molecule is O=C(NCc1cccnc1)c1cncc(NCCc2c[nH]c3ccccc23)c1. The van der Waals surface area contributed by atoms with Crippen LogP contribution in [0.1, 0.15) is 21.5 Å². The van der Waals surface area contributed by atoms with Crippen LogP contribution in [0.2, 0.25) is 0 Å². The number of carbonyl (C=O) groups is 1. The molecule has 0 unspecified atom stereocenters. The molecule has 0 spiro atoms. The number of rotatable bonds is 7. The van der Waals surface area contributed by atoms with Gasteiger partial charge >= 0.3 is 0 Å². The topological polar surface area (TPSA) is 82.7 Å². The molecule has 3 heterocycles. The lowest BCUT2D eigenvalue weighted by atomic mass is 10.1. The quantitative estimate of drug-likeness (QED) is 0.464. The van der Waals surface area contributed by atoms with Gasteiger partial charge in [-0.05, 0) is 35.7 Å². The summed E-state index contributed by atoms with van der Waals surface area (Å²) in [7, 11) is 0. The Balaban J connectivity index is 1.33. The van der Waals surface area contributed by atoms with E-state index in [1.807, 2.05) is 36.5 Å². The van der Waals surface area contributed by atoms with Crippen molar-refractivity contribution in [1.29, 1.82) is 0 Å². The number of para-hydroxylation sites is 1. The molecule has 6 nitrogen and oxygen atoms in total. The predicted molar refractivity (Wildman–Crippen MR) is 110 cm³/mol. The van der Waals surface area contributed by atoms with E-state index in [1.54, 1.807) is 24.8 Å². The molecule has 0 aliphatic rings. The number of carbonyl (C=O) groups excluding carboxylic acids is 1. The second kappa shape index (κ2) is 8.35. The van der Waals surface area contributed by atoms with Gasteiger partial charge in [0.1, 0.15) is 0 Å². The fourth-order valence-electron chi connectivity index (χ4n) is 3.13. The molecule has 0 fully saturated rings. The van der Waals surface area contributed by atoms with Crippen molar-refractivity contribution < 1.29 is 4.79 Å². The average Bonchev–Trinajstić information content (AvgIpc) is 3.16. The van der Waals surface area contributed by atoms with E-state index in [-0.39, 0.29) is 5.91 Å². The second-order valence-corrected chi connectivity index (χ2v) is 6.54. The largest absolute Gasteiger partial charge is 0.383 e. The van der Waals surface area contributed by atoms with E-state index < -0.39 is 0 Å².